The van der Waals surface area contributed by atoms with Crippen LogP contribution in [0.15, 0.2) is 22.7 Å². The second-order valence-corrected chi connectivity index (χ2v) is 7.47. The van der Waals surface area contributed by atoms with Crippen molar-refractivity contribution < 1.29 is 19.4 Å². The normalized spacial score (nSPS) is 30.6. The molecular formula is C16H18BrNO4. The Balaban J connectivity index is 2.08. The number of Topliss-reactive ketones (excluding diaryl/α,β-unsaturated/α-hetero) is 1. The molecule has 1 amide bonds. The molecule has 2 aliphatic rings. The molecule has 0 bridgehead atoms. The number of nitrogens with zero attached hydrogens (tertiary/aromatic N) is 1. The molecule has 118 valence electrons. The van der Waals surface area contributed by atoms with Gasteiger partial charge in [0.25, 0.3) is 5.91 Å². The predicted octanol–water partition coefficient (Wildman–Crippen LogP) is 2.00. The van der Waals surface area contributed by atoms with Crippen molar-refractivity contribution in [3.63, 3.8) is 0 Å². The third kappa shape index (κ3) is 2.13. The first-order valence-electron chi connectivity index (χ1n) is 7.14. The maximum Gasteiger partial charge on any atom is 0.264 e. The van der Waals surface area contributed by atoms with E-state index in [1.807, 2.05) is 13.8 Å². The summed E-state index contributed by atoms with van der Waals surface area (Å²) in [5.74, 6) is -1.51. The van der Waals surface area contributed by atoms with Gasteiger partial charge >= 0.3 is 0 Å². The highest BCUT2D eigenvalue weighted by Crippen LogP contribution is 2.47. The lowest BCUT2D eigenvalue weighted by atomic mass is 9.76. The number of carbonyl (C=O) groups excluding carboxylic acids is 2. The fourth-order valence-corrected chi connectivity index (χ4v) is 3.63. The summed E-state index contributed by atoms with van der Waals surface area (Å²) in [6.07, 6.45) is 0.181. The zero-order valence-corrected chi connectivity index (χ0v) is 14.3. The molecule has 0 aromatic heterocycles. The number of likely N-dealkylation sites (N-methyl/N-ethyl adjacent to an activating group) is 1. The number of fused-ring (bicyclic) bond motifs is 1. The van der Waals surface area contributed by atoms with Crippen molar-refractivity contribution >= 4 is 33.3 Å². The lowest BCUT2D eigenvalue weighted by Gasteiger charge is -2.39. The minimum atomic E-state index is -1.86. The fourth-order valence-electron chi connectivity index (χ4n) is 3.27. The average Bonchev–Trinajstić information content (AvgIpc) is 2.60. The van der Waals surface area contributed by atoms with Crippen molar-refractivity contribution in [2.45, 2.75) is 31.5 Å². The number of aliphatic hydroxyl groups is 1. The van der Waals surface area contributed by atoms with Crippen molar-refractivity contribution in [1.82, 2.24) is 0 Å². The molecular weight excluding hydrogens is 350 g/mol. The molecule has 2 aliphatic heterocycles. The first-order chi connectivity index (χ1) is 10.2. The summed E-state index contributed by atoms with van der Waals surface area (Å²) in [5, 5.41) is 11.2. The van der Waals surface area contributed by atoms with Crippen LogP contribution in [0.1, 0.15) is 25.8 Å². The number of ether oxygens (including phenoxy) is 1. The largest absolute Gasteiger partial charge is 0.375 e. The number of halogens is 1. The van der Waals surface area contributed by atoms with Crippen LogP contribution in [-0.4, -0.2) is 36.1 Å². The van der Waals surface area contributed by atoms with E-state index in [-0.39, 0.29) is 18.8 Å². The molecule has 0 unspecified atom stereocenters. The SMILES string of the molecule is CN1C(=O)[C@](O)([C@H]2COC(C)(C)CC2=O)c2cc(Br)ccc21. The Morgan fingerprint density at radius 3 is 2.68 bits per heavy atom. The first kappa shape index (κ1) is 15.6. The number of benzene rings is 1. The topological polar surface area (TPSA) is 66.8 Å². The number of hydrogen-bond acceptors (Lipinski definition) is 4. The molecule has 2 atom stereocenters. The van der Waals surface area contributed by atoms with Crippen LogP contribution >= 0.6 is 15.9 Å². The molecule has 0 spiro atoms. The van der Waals surface area contributed by atoms with E-state index in [9.17, 15) is 14.7 Å². The predicted molar refractivity (Wildman–Crippen MR) is 84.6 cm³/mol. The second-order valence-electron chi connectivity index (χ2n) is 6.56. The van der Waals surface area contributed by atoms with Gasteiger partial charge in [0.2, 0.25) is 0 Å². The smallest absolute Gasteiger partial charge is 0.264 e. The average molecular weight is 368 g/mol. The van der Waals surface area contributed by atoms with E-state index in [1.54, 1.807) is 25.2 Å². The number of hydrogen-bond donors (Lipinski definition) is 1. The van der Waals surface area contributed by atoms with Gasteiger partial charge in [-0.2, -0.15) is 0 Å². The third-order valence-electron chi connectivity index (χ3n) is 4.49. The van der Waals surface area contributed by atoms with Gasteiger partial charge in [-0.3, -0.25) is 9.59 Å². The molecule has 0 aliphatic carbocycles. The second kappa shape index (κ2) is 4.88. The van der Waals surface area contributed by atoms with Crippen LogP contribution in [0.5, 0.6) is 0 Å². The highest BCUT2D eigenvalue weighted by atomic mass is 79.9. The molecule has 0 radical (unpaired) electrons. The Hall–Kier alpha value is -1.24. The van der Waals surface area contributed by atoms with Gasteiger partial charge in [0, 0.05) is 23.5 Å². The van der Waals surface area contributed by atoms with Gasteiger partial charge in [-0.1, -0.05) is 15.9 Å². The zero-order valence-electron chi connectivity index (χ0n) is 12.7. The molecule has 1 saturated heterocycles. The van der Waals surface area contributed by atoms with Gasteiger partial charge in [0.15, 0.2) is 5.60 Å². The van der Waals surface area contributed by atoms with Crippen molar-refractivity contribution in [2.24, 2.45) is 5.92 Å². The Labute approximate surface area is 137 Å². The van der Waals surface area contributed by atoms with Gasteiger partial charge in [0.1, 0.15) is 5.78 Å². The fraction of sp³-hybridized carbons (Fsp3) is 0.500. The maximum absolute atomic E-state index is 12.7. The van der Waals surface area contributed by atoms with E-state index in [2.05, 4.69) is 15.9 Å². The number of carbonyl (C=O) groups is 2. The highest BCUT2D eigenvalue weighted by molar-refractivity contribution is 9.10. The van der Waals surface area contributed by atoms with Crippen LogP contribution in [0.2, 0.25) is 0 Å². The first-order valence-corrected chi connectivity index (χ1v) is 7.93. The van der Waals surface area contributed by atoms with Crippen LogP contribution in [0.3, 0.4) is 0 Å². The summed E-state index contributed by atoms with van der Waals surface area (Å²) >= 11 is 3.36. The van der Waals surface area contributed by atoms with E-state index in [0.29, 0.717) is 11.3 Å². The Bertz CT molecular complexity index is 672. The van der Waals surface area contributed by atoms with Gasteiger partial charge in [0.05, 0.1) is 23.8 Å². The van der Waals surface area contributed by atoms with Gasteiger partial charge in [-0.25, -0.2) is 0 Å². The molecule has 5 nitrogen and oxygen atoms in total. The lowest BCUT2D eigenvalue weighted by Crippen LogP contribution is -2.54. The van der Waals surface area contributed by atoms with Crippen molar-refractivity contribution in [3.8, 4) is 0 Å². The van der Waals surface area contributed by atoms with E-state index in [0.717, 1.165) is 4.47 Å². The molecule has 1 aromatic rings. The van der Waals surface area contributed by atoms with Crippen LogP contribution in [0, 0.1) is 5.92 Å². The number of rotatable bonds is 1. The Morgan fingerprint density at radius 2 is 2.05 bits per heavy atom. The van der Waals surface area contributed by atoms with Gasteiger partial charge in [-0.15, -0.1) is 0 Å². The molecule has 0 saturated carbocycles. The molecule has 22 heavy (non-hydrogen) atoms. The summed E-state index contributed by atoms with van der Waals surface area (Å²) < 4.78 is 6.44. The lowest BCUT2D eigenvalue weighted by molar-refractivity contribution is -0.172. The van der Waals surface area contributed by atoms with E-state index < -0.39 is 23.0 Å². The number of amides is 1. The quantitative estimate of drug-likeness (QED) is 0.824. The van der Waals surface area contributed by atoms with Crippen LogP contribution < -0.4 is 4.90 Å². The van der Waals surface area contributed by atoms with E-state index in [1.165, 1.54) is 4.90 Å². The van der Waals surface area contributed by atoms with Crippen LogP contribution in [0.25, 0.3) is 0 Å². The molecule has 1 aromatic carbocycles. The minimum Gasteiger partial charge on any atom is -0.375 e. The maximum atomic E-state index is 12.7. The zero-order chi connectivity index (χ0) is 16.3. The van der Waals surface area contributed by atoms with Crippen molar-refractivity contribution in [1.29, 1.82) is 0 Å². The molecule has 6 heteroatoms. The third-order valence-corrected chi connectivity index (χ3v) is 4.99. The van der Waals surface area contributed by atoms with Crippen LogP contribution in [-0.2, 0) is 19.9 Å². The van der Waals surface area contributed by atoms with Crippen LogP contribution in [0.4, 0.5) is 5.69 Å². The van der Waals surface area contributed by atoms with E-state index >= 15 is 0 Å². The molecule has 3 rings (SSSR count). The molecule has 1 N–H and O–H groups in total. The Morgan fingerprint density at radius 1 is 1.36 bits per heavy atom. The highest BCUT2D eigenvalue weighted by Gasteiger charge is 2.58. The summed E-state index contributed by atoms with van der Waals surface area (Å²) in [4.78, 5) is 26.6. The molecule has 1 fully saturated rings. The van der Waals surface area contributed by atoms with Gasteiger partial charge < -0.3 is 14.7 Å². The van der Waals surface area contributed by atoms with Crippen molar-refractivity contribution in [3.05, 3.63) is 28.2 Å². The summed E-state index contributed by atoms with van der Waals surface area (Å²) in [7, 11) is 1.60. The standard InChI is InChI=1S/C16H18BrNO4/c1-15(2)7-13(19)11(8-22-15)16(21)10-6-9(17)4-5-12(10)18(3)14(16)20/h4-6,11,21H,7-8H2,1-3H3/t11-,16+/m0/s1. The van der Waals surface area contributed by atoms with E-state index in [4.69, 9.17) is 4.74 Å². The number of anilines is 1. The number of ketones is 1. The van der Waals surface area contributed by atoms with Crippen molar-refractivity contribution in [2.75, 3.05) is 18.6 Å². The summed E-state index contributed by atoms with van der Waals surface area (Å²) in [6.45, 7) is 3.70. The summed E-state index contributed by atoms with van der Waals surface area (Å²) in [5.41, 5.74) is -1.34. The minimum absolute atomic E-state index is 0.0356. The van der Waals surface area contributed by atoms with Gasteiger partial charge in [-0.05, 0) is 32.0 Å². The molecule has 2 heterocycles. The summed E-state index contributed by atoms with van der Waals surface area (Å²) in [6, 6.07) is 5.26. The Kier molecular flexibility index (Phi) is 3.47. The monoisotopic (exact) mass is 367 g/mol.